The van der Waals surface area contributed by atoms with Gasteiger partial charge in [0.1, 0.15) is 0 Å². The molecule has 3 aromatic heterocycles. The van der Waals surface area contributed by atoms with Gasteiger partial charge in [-0.05, 0) is 48.5 Å². The number of fused-ring (bicyclic) bond motifs is 3. The van der Waals surface area contributed by atoms with Crippen LogP contribution in [-0.2, 0) is 14.1 Å². The lowest BCUT2D eigenvalue weighted by Crippen LogP contribution is -1.88. The van der Waals surface area contributed by atoms with E-state index in [-0.39, 0.29) is 16.3 Å². The fraction of sp³-hybridized carbons (Fsp3) is 0.250. The van der Waals surface area contributed by atoms with Crippen LogP contribution in [0.5, 0.6) is 0 Å². The lowest BCUT2D eigenvalue weighted by atomic mass is 10.2. The molecule has 6 rings (SSSR count). The first-order valence-electron chi connectivity index (χ1n) is 13.9. The number of nitro groups is 2. The maximum atomic E-state index is 10.5. The number of aryl methyl sites for hydroxylation is 2. The van der Waals surface area contributed by atoms with Crippen molar-refractivity contribution in [3.63, 3.8) is 0 Å². The number of aromatic amines is 1. The zero-order valence-electron chi connectivity index (χ0n) is 25.7. The molecule has 10 nitrogen and oxygen atoms in total. The predicted molar refractivity (Wildman–Crippen MR) is 176 cm³/mol. The van der Waals surface area contributed by atoms with E-state index in [1.165, 1.54) is 23.0 Å². The van der Waals surface area contributed by atoms with Crippen LogP contribution in [0.3, 0.4) is 0 Å². The summed E-state index contributed by atoms with van der Waals surface area (Å²) >= 11 is 0. The first-order chi connectivity index (χ1) is 20.2. The van der Waals surface area contributed by atoms with Crippen molar-refractivity contribution in [1.29, 1.82) is 0 Å². The summed E-state index contributed by atoms with van der Waals surface area (Å²) in [4.78, 5) is 23.0. The van der Waals surface area contributed by atoms with Crippen LogP contribution in [0.4, 0.5) is 17.1 Å². The number of nitrogen functional groups attached to an aromatic ring is 1. The van der Waals surface area contributed by atoms with Gasteiger partial charge in [-0.1, -0.05) is 41.5 Å². The van der Waals surface area contributed by atoms with Crippen LogP contribution in [0, 0.1) is 20.2 Å². The summed E-state index contributed by atoms with van der Waals surface area (Å²) in [7, 11) is 3.94. The third kappa shape index (κ3) is 9.22. The van der Waals surface area contributed by atoms with Gasteiger partial charge in [0.2, 0.25) is 0 Å². The molecule has 0 unspecified atom stereocenters. The molecule has 224 valence electrons. The molecule has 0 bridgehead atoms. The third-order valence-electron chi connectivity index (χ3n) is 5.74. The minimum Gasteiger partial charge on any atom is -0.399 e. The highest BCUT2D eigenvalue weighted by molar-refractivity contribution is 5.84. The highest BCUT2D eigenvalue weighted by atomic mass is 16.6. The number of hydrogen-bond acceptors (Lipinski definition) is 5. The molecule has 0 atom stereocenters. The highest BCUT2D eigenvalue weighted by Crippen LogP contribution is 2.21. The van der Waals surface area contributed by atoms with E-state index in [1.54, 1.807) is 30.5 Å². The van der Waals surface area contributed by atoms with E-state index in [2.05, 4.69) is 15.6 Å². The Balaban J connectivity index is 0.000000289. The Hall–Kier alpha value is -5.12. The van der Waals surface area contributed by atoms with Crippen molar-refractivity contribution in [1.82, 2.24) is 14.1 Å². The standard InChI is InChI=1S/C9H8N2O2.C9H10N2.C8H6N2O2.3C2H6/c1-10-5-4-7-6-8(11(12)13)2-3-9(7)10;1-11-5-4-7-6-8(10)2-3-9(7)11;11-10(12)7-1-2-8-6(5-7)3-4-9-8;3*1-2/h2-6H,1H3;2-6H,10H2,1H3;1-5,9H;3*1-2H3. The van der Waals surface area contributed by atoms with Crippen molar-refractivity contribution in [3.8, 4) is 0 Å². The second kappa shape index (κ2) is 17.5. The molecule has 0 aliphatic rings. The molecule has 3 aromatic carbocycles. The molecule has 42 heavy (non-hydrogen) atoms. The number of anilines is 1. The minimum absolute atomic E-state index is 0.127. The van der Waals surface area contributed by atoms with Crippen molar-refractivity contribution in [2.75, 3.05) is 5.73 Å². The largest absolute Gasteiger partial charge is 0.399 e. The number of benzene rings is 3. The number of rotatable bonds is 2. The van der Waals surface area contributed by atoms with Gasteiger partial charge in [-0.2, -0.15) is 0 Å². The minimum atomic E-state index is -0.396. The van der Waals surface area contributed by atoms with Gasteiger partial charge < -0.3 is 19.9 Å². The van der Waals surface area contributed by atoms with Gasteiger partial charge in [0, 0.05) is 95.3 Å². The summed E-state index contributed by atoms with van der Waals surface area (Å²) in [5.41, 5.74) is 9.86. The van der Waals surface area contributed by atoms with E-state index in [9.17, 15) is 20.2 Å². The Bertz CT molecular complexity index is 1700. The van der Waals surface area contributed by atoms with Crippen LogP contribution < -0.4 is 5.73 Å². The number of non-ortho nitro benzene ring substituents is 2. The van der Waals surface area contributed by atoms with E-state index < -0.39 is 4.92 Å². The lowest BCUT2D eigenvalue weighted by molar-refractivity contribution is -0.384. The molecule has 0 saturated heterocycles. The fourth-order valence-corrected chi connectivity index (χ4v) is 3.84. The van der Waals surface area contributed by atoms with Gasteiger partial charge in [0.05, 0.1) is 9.85 Å². The zero-order chi connectivity index (χ0) is 31.8. The van der Waals surface area contributed by atoms with Crippen molar-refractivity contribution < 1.29 is 9.85 Å². The maximum absolute atomic E-state index is 10.5. The fourth-order valence-electron chi connectivity index (χ4n) is 3.84. The molecule has 3 N–H and O–H groups in total. The highest BCUT2D eigenvalue weighted by Gasteiger charge is 2.07. The summed E-state index contributed by atoms with van der Waals surface area (Å²) in [5.74, 6) is 0. The SMILES string of the molecule is CC.CC.CC.Cn1ccc2cc(N)ccc21.Cn1ccc2cc([N+](=O)[O-])ccc21.O=[N+]([O-])c1ccc2[nH]ccc2c1. The smallest absolute Gasteiger partial charge is 0.270 e. The van der Waals surface area contributed by atoms with Gasteiger partial charge in [-0.25, -0.2) is 0 Å². The average Bonchev–Trinajstić information content (AvgIpc) is 3.74. The second-order valence-electron chi connectivity index (χ2n) is 8.18. The monoisotopic (exact) mass is 574 g/mol. The van der Waals surface area contributed by atoms with Crippen molar-refractivity contribution >= 4 is 49.8 Å². The number of nitrogens with two attached hydrogens (primary N) is 1. The van der Waals surface area contributed by atoms with Crippen LogP contribution in [0.1, 0.15) is 41.5 Å². The molecule has 6 aromatic rings. The number of nitrogens with zero attached hydrogens (tertiary/aromatic N) is 4. The zero-order valence-corrected chi connectivity index (χ0v) is 25.7. The van der Waals surface area contributed by atoms with Gasteiger partial charge in [0.15, 0.2) is 0 Å². The molecule has 0 spiro atoms. The third-order valence-corrected chi connectivity index (χ3v) is 5.74. The van der Waals surface area contributed by atoms with E-state index in [0.29, 0.717) is 0 Å². The van der Waals surface area contributed by atoms with Gasteiger partial charge in [0.25, 0.3) is 11.4 Å². The number of H-pyrrole nitrogens is 1. The van der Waals surface area contributed by atoms with E-state index >= 15 is 0 Å². The number of aromatic nitrogens is 3. The molecule has 10 heteroatoms. The maximum Gasteiger partial charge on any atom is 0.270 e. The normalized spacial score (nSPS) is 9.43. The first-order valence-corrected chi connectivity index (χ1v) is 13.9. The Morgan fingerprint density at radius 2 is 1.07 bits per heavy atom. The van der Waals surface area contributed by atoms with Crippen LogP contribution in [0.25, 0.3) is 32.7 Å². The topological polar surface area (TPSA) is 138 Å². The Labute approximate surface area is 246 Å². The Morgan fingerprint density at radius 1 is 0.619 bits per heavy atom. The molecular weight excluding hydrogens is 532 g/mol. The molecule has 0 saturated carbocycles. The van der Waals surface area contributed by atoms with Gasteiger partial charge >= 0.3 is 0 Å². The van der Waals surface area contributed by atoms with Crippen molar-refractivity contribution in [2.45, 2.75) is 41.5 Å². The number of hydrogen-bond donors (Lipinski definition) is 2. The molecule has 3 heterocycles. The Morgan fingerprint density at radius 3 is 1.60 bits per heavy atom. The van der Waals surface area contributed by atoms with E-state index in [4.69, 9.17) is 5.73 Å². The molecule has 0 amide bonds. The van der Waals surface area contributed by atoms with Crippen molar-refractivity contribution in [3.05, 3.63) is 112 Å². The number of nitrogens with one attached hydrogen (secondary N) is 1. The Kier molecular flexibility index (Phi) is 14.6. The number of nitro benzene ring substituents is 2. The van der Waals surface area contributed by atoms with Crippen LogP contribution >= 0.6 is 0 Å². The molecule has 0 fully saturated rings. The molecule has 0 radical (unpaired) electrons. The summed E-state index contributed by atoms with van der Waals surface area (Å²) in [6, 6.07) is 21.3. The predicted octanol–water partition coefficient (Wildman–Crippen LogP) is 9.00. The molecule has 0 aliphatic heterocycles. The lowest BCUT2D eigenvalue weighted by Gasteiger charge is -1.95. The summed E-state index contributed by atoms with van der Waals surface area (Å²) in [6.07, 6.45) is 5.67. The summed E-state index contributed by atoms with van der Waals surface area (Å²) < 4.78 is 4.01. The second-order valence-corrected chi connectivity index (χ2v) is 8.18. The molecule has 0 aliphatic carbocycles. The average molecular weight is 575 g/mol. The summed E-state index contributed by atoms with van der Waals surface area (Å²) in [6.45, 7) is 12.0. The quantitative estimate of drug-likeness (QED) is 0.121. The van der Waals surface area contributed by atoms with Gasteiger partial charge in [-0.3, -0.25) is 20.2 Å². The van der Waals surface area contributed by atoms with Crippen LogP contribution in [0.15, 0.2) is 91.4 Å². The van der Waals surface area contributed by atoms with E-state index in [0.717, 1.165) is 27.5 Å². The molecular formula is C32H42N6O4. The van der Waals surface area contributed by atoms with Crippen molar-refractivity contribution in [2.24, 2.45) is 14.1 Å². The first kappa shape index (κ1) is 34.9. The van der Waals surface area contributed by atoms with Crippen LogP contribution in [-0.4, -0.2) is 24.0 Å². The van der Waals surface area contributed by atoms with Crippen LogP contribution in [0.2, 0.25) is 0 Å². The van der Waals surface area contributed by atoms with E-state index in [1.807, 2.05) is 103 Å². The van der Waals surface area contributed by atoms with Gasteiger partial charge in [-0.15, -0.1) is 0 Å². The summed E-state index contributed by atoms with van der Waals surface area (Å²) in [5, 5.41) is 23.8.